The average Bonchev–Trinajstić information content (AvgIpc) is 2.47. The second-order valence-electron chi connectivity index (χ2n) is 4.87. The van der Waals surface area contributed by atoms with Crippen LogP contribution in [0.15, 0.2) is 24.3 Å². The van der Waals surface area contributed by atoms with E-state index in [9.17, 15) is 9.59 Å². The molecule has 1 amide bonds. The summed E-state index contributed by atoms with van der Waals surface area (Å²) < 4.78 is 4.85. The maximum absolute atomic E-state index is 11.6. The maximum atomic E-state index is 11.6. The number of amides is 1. The van der Waals surface area contributed by atoms with Crippen LogP contribution >= 0.6 is 0 Å². The minimum Gasteiger partial charge on any atom is -0.466 e. The normalized spacial score (nSPS) is 10.5. The summed E-state index contributed by atoms with van der Waals surface area (Å²) in [5.74, 6) is -0.0774. The summed E-state index contributed by atoms with van der Waals surface area (Å²) in [7, 11) is 0. The van der Waals surface area contributed by atoms with E-state index in [0.717, 1.165) is 10.9 Å². The van der Waals surface area contributed by atoms with Crippen LogP contribution in [0, 0.1) is 6.92 Å². The highest BCUT2D eigenvalue weighted by Gasteiger charge is 2.11. The molecule has 1 aromatic carbocycles. The van der Waals surface area contributed by atoms with Crippen molar-refractivity contribution in [3.8, 4) is 0 Å². The van der Waals surface area contributed by atoms with E-state index in [0.29, 0.717) is 30.0 Å². The smallest absolute Gasteiger partial charge is 0.307 e. The van der Waals surface area contributed by atoms with Gasteiger partial charge in [-0.15, -0.1) is 0 Å². The highest BCUT2D eigenvalue weighted by Crippen LogP contribution is 2.22. The van der Waals surface area contributed by atoms with Gasteiger partial charge < -0.3 is 15.8 Å². The second-order valence-corrected chi connectivity index (χ2v) is 4.87. The van der Waals surface area contributed by atoms with Gasteiger partial charge in [0.1, 0.15) is 5.82 Å². The molecule has 2 rings (SSSR count). The second kappa shape index (κ2) is 6.89. The molecule has 2 aromatic rings. The van der Waals surface area contributed by atoms with Crippen LogP contribution in [0.4, 0.5) is 5.82 Å². The number of hydrogen-bond acceptors (Lipinski definition) is 5. The SMILES string of the molecule is CCOC(=O)CCNc1ccc2c(C(N)=O)c(C)ccc2n1. The van der Waals surface area contributed by atoms with Crippen molar-refractivity contribution in [3.63, 3.8) is 0 Å². The van der Waals surface area contributed by atoms with Gasteiger partial charge in [-0.3, -0.25) is 9.59 Å². The van der Waals surface area contributed by atoms with E-state index in [2.05, 4.69) is 10.3 Å². The Hall–Kier alpha value is -2.63. The van der Waals surface area contributed by atoms with Crippen molar-refractivity contribution in [1.82, 2.24) is 4.98 Å². The molecule has 0 fully saturated rings. The Bertz CT molecular complexity index is 713. The van der Waals surface area contributed by atoms with Gasteiger partial charge in [-0.25, -0.2) is 4.98 Å². The van der Waals surface area contributed by atoms with Crippen molar-refractivity contribution in [3.05, 3.63) is 35.4 Å². The summed E-state index contributed by atoms with van der Waals surface area (Å²) in [6.07, 6.45) is 0.272. The highest BCUT2D eigenvalue weighted by molar-refractivity contribution is 6.07. The van der Waals surface area contributed by atoms with Crippen LogP contribution in [-0.2, 0) is 9.53 Å². The quantitative estimate of drug-likeness (QED) is 0.796. The molecule has 0 saturated heterocycles. The molecule has 1 aromatic heterocycles. The Morgan fingerprint density at radius 3 is 2.73 bits per heavy atom. The number of anilines is 1. The van der Waals surface area contributed by atoms with E-state index >= 15 is 0 Å². The van der Waals surface area contributed by atoms with Crippen LogP contribution < -0.4 is 11.1 Å². The van der Waals surface area contributed by atoms with E-state index in [1.165, 1.54) is 0 Å². The molecule has 6 heteroatoms. The summed E-state index contributed by atoms with van der Waals surface area (Å²) in [5, 5.41) is 3.79. The number of aromatic nitrogens is 1. The molecule has 0 aliphatic carbocycles. The minimum atomic E-state index is -0.465. The van der Waals surface area contributed by atoms with Crippen molar-refractivity contribution in [2.45, 2.75) is 20.3 Å². The summed E-state index contributed by atoms with van der Waals surface area (Å²) >= 11 is 0. The Kier molecular flexibility index (Phi) is 4.93. The predicted octanol–water partition coefficient (Wildman–Crippen LogP) is 2.01. The predicted molar refractivity (Wildman–Crippen MR) is 84.7 cm³/mol. The van der Waals surface area contributed by atoms with Crippen LogP contribution in [0.3, 0.4) is 0 Å². The Morgan fingerprint density at radius 2 is 2.05 bits per heavy atom. The first-order valence-corrected chi connectivity index (χ1v) is 7.12. The molecule has 0 aliphatic heterocycles. The number of hydrogen-bond donors (Lipinski definition) is 2. The number of nitrogens with zero attached hydrogens (tertiary/aromatic N) is 1. The molecular weight excluding hydrogens is 282 g/mol. The first kappa shape index (κ1) is 15.8. The molecule has 116 valence electrons. The Morgan fingerprint density at radius 1 is 1.27 bits per heavy atom. The van der Waals surface area contributed by atoms with E-state index in [4.69, 9.17) is 10.5 Å². The molecule has 0 atom stereocenters. The van der Waals surface area contributed by atoms with Crippen LogP contribution in [0.2, 0.25) is 0 Å². The summed E-state index contributed by atoms with van der Waals surface area (Å²) in [6, 6.07) is 7.23. The summed E-state index contributed by atoms with van der Waals surface area (Å²) in [6.45, 7) is 4.42. The van der Waals surface area contributed by atoms with Crippen LogP contribution in [-0.4, -0.2) is 30.0 Å². The Labute approximate surface area is 128 Å². The van der Waals surface area contributed by atoms with Crippen molar-refractivity contribution in [1.29, 1.82) is 0 Å². The fourth-order valence-corrected chi connectivity index (χ4v) is 2.26. The molecule has 3 N–H and O–H groups in total. The third-order valence-corrected chi connectivity index (χ3v) is 3.27. The lowest BCUT2D eigenvalue weighted by Crippen LogP contribution is -2.14. The average molecular weight is 301 g/mol. The lowest BCUT2D eigenvalue weighted by Gasteiger charge is -2.09. The van der Waals surface area contributed by atoms with E-state index < -0.39 is 5.91 Å². The molecule has 6 nitrogen and oxygen atoms in total. The standard InChI is InChI=1S/C16H19N3O3/c1-3-22-14(20)8-9-18-13-7-5-11-12(19-13)6-4-10(2)15(11)16(17)21/h4-7H,3,8-9H2,1-2H3,(H2,17,21)(H,18,19). The Balaban J connectivity index is 2.16. The first-order chi connectivity index (χ1) is 10.5. The zero-order chi connectivity index (χ0) is 16.1. The minimum absolute atomic E-state index is 0.248. The lowest BCUT2D eigenvalue weighted by atomic mass is 10.0. The van der Waals surface area contributed by atoms with Crippen LogP contribution in [0.25, 0.3) is 10.9 Å². The van der Waals surface area contributed by atoms with Crippen LogP contribution in [0.1, 0.15) is 29.3 Å². The van der Waals surface area contributed by atoms with Crippen molar-refractivity contribution in [2.75, 3.05) is 18.5 Å². The van der Waals surface area contributed by atoms with Crippen molar-refractivity contribution < 1.29 is 14.3 Å². The highest BCUT2D eigenvalue weighted by atomic mass is 16.5. The van der Waals surface area contributed by atoms with Gasteiger partial charge in [-0.2, -0.15) is 0 Å². The molecule has 0 unspecified atom stereocenters. The number of pyridine rings is 1. The van der Waals surface area contributed by atoms with Gasteiger partial charge in [-0.1, -0.05) is 6.07 Å². The monoisotopic (exact) mass is 301 g/mol. The number of rotatable bonds is 6. The van der Waals surface area contributed by atoms with E-state index in [-0.39, 0.29) is 12.4 Å². The van der Waals surface area contributed by atoms with E-state index in [1.807, 2.05) is 25.1 Å². The van der Waals surface area contributed by atoms with E-state index in [1.54, 1.807) is 13.0 Å². The van der Waals surface area contributed by atoms with Crippen LogP contribution in [0.5, 0.6) is 0 Å². The van der Waals surface area contributed by atoms with Gasteiger partial charge in [-0.05, 0) is 37.6 Å². The number of aryl methyl sites for hydroxylation is 1. The van der Waals surface area contributed by atoms with Gasteiger partial charge in [0, 0.05) is 11.9 Å². The molecule has 0 saturated carbocycles. The molecule has 22 heavy (non-hydrogen) atoms. The lowest BCUT2D eigenvalue weighted by molar-refractivity contribution is -0.142. The number of benzene rings is 1. The number of esters is 1. The van der Waals surface area contributed by atoms with Gasteiger partial charge in [0.2, 0.25) is 5.91 Å². The van der Waals surface area contributed by atoms with Crippen molar-refractivity contribution in [2.24, 2.45) is 5.73 Å². The number of primary amides is 1. The molecule has 0 aliphatic rings. The summed E-state index contributed by atoms with van der Waals surface area (Å²) in [4.78, 5) is 27.3. The number of carbonyl (C=O) groups excluding carboxylic acids is 2. The number of nitrogens with two attached hydrogens (primary N) is 1. The van der Waals surface area contributed by atoms with Gasteiger partial charge in [0.15, 0.2) is 0 Å². The molecular formula is C16H19N3O3. The fourth-order valence-electron chi connectivity index (χ4n) is 2.26. The fraction of sp³-hybridized carbons (Fsp3) is 0.312. The molecule has 0 spiro atoms. The maximum Gasteiger partial charge on any atom is 0.307 e. The number of ether oxygens (including phenoxy) is 1. The topological polar surface area (TPSA) is 94.3 Å². The van der Waals surface area contributed by atoms with Gasteiger partial charge >= 0.3 is 5.97 Å². The zero-order valence-corrected chi connectivity index (χ0v) is 12.7. The largest absolute Gasteiger partial charge is 0.466 e. The third kappa shape index (κ3) is 3.52. The van der Waals surface area contributed by atoms with Gasteiger partial charge in [0.25, 0.3) is 0 Å². The molecule has 1 heterocycles. The number of fused-ring (bicyclic) bond motifs is 1. The molecule has 0 radical (unpaired) electrons. The number of carbonyl (C=O) groups is 2. The first-order valence-electron chi connectivity index (χ1n) is 7.12. The third-order valence-electron chi connectivity index (χ3n) is 3.27. The zero-order valence-electron chi connectivity index (χ0n) is 12.7. The van der Waals surface area contributed by atoms with Gasteiger partial charge in [0.05, 0.1) is 24.1 Å². The summed E-state index contributed by atoms with van der Waals surface area (Å²) in [5.41, 5.74) is 7.42. The number of nitrogens with one attached hydrogen (secondary N) is 1. The molecule has 0 bridgehead atoms. The van der Waals surface area contributed by atoms with Crippen molar-refractivity contribution >= 4 is 28.6 Å².